The Morgan fingerprint density at radius 3 is 2.73 bits per heavy atom. The number of allylic oxidation sites excluding steroid dienone is 1. The lowest BCUT2D eigenvalue weighted by Gasteiger charge is -1.94. The van der Waals surface area contributed by atoms with Crippen molar-refractivity contribution in [3.05, 3.63) is 36.2 Å². The van der Waals surface area contributed by atoms with Crippen molar-refractivity contribution in [2.75, 3.05) is 0 Å². The lowest BCUT2D eigenvalue weighted by atomic mass is 10.1. The van der Waals surface area contributed by atoms with Crippen molar-refractivity contribution in [2.24, 2.45) is 0 Å². The number of carbonyl (C=O) groups excluding carboxylic acids is 1. The molecule has 0 saturated heterocycles. The quantitative estimate of drug-likeness (QED) is 0.524. The first-order valence-electron chi connectivity index (χ1n) is 5.44. The van der Waals surface area contributed by atoms with E-state index in [2.05, 4.69) is 11.9 Å². The maximum absolute atomic E-state index is 11.4. The van der Waals surface area contributed by atoms with Gasteiger partial charge in [0.05, 0.1) is 0 Å². The predicted octanol–water partition coefficient (Wildman–Crippen LogP) is 3.24. The van der Waals surface area contributed by atoms with Gasteiger partial charge in [-0.15, -0.1) is 0 Å². The fourth-order valence-corrected chi connectivity index (χ4v) is 1.30. The molecule has 0 N–H and O–H groups in total. The number of unbranched alkanes of at least 4 members (excludes halogenated alkanes) is 2. The minimum atomic E-state index is 0.209. The van der Waals surface area contributed by atoms with E-state index in [1.54, 1.807) is 18.5 Å². The van der Waals surface area contributed by atoms with Gasteiger partial charge in [-0.3, -0.25) is 9.78 Å². The minimum Gasteiger partial charge on any atom is -0.295 e. The van der Waals surface area contributed by atoms with Crippen LogP contribution in [0.3, 0.4) is 0 Å². The molecule has 0 atom stereocenters. The summed E-state index contributed by atoms with van der Waals surface area (Å²) in [7, 11) is 0. The van der Waals surface area contributed by atoms with Gasteiger partial charge >= 0.3 is 0 Å². The van der Waals surface area contributed by atoms with Crippen molar-refractivity contribution in [1.29, 1.82) is 0 Å². The molecule has 0 saturated carbocycles. The molecule has 0 aliphatic carbocycles. The number of aromatic nitrogens is 1. The van der Waals surface area contributed by atoms with Crippen LogP contribution in [0.2, 0.25) is 0 Å². The third-order valence-electron chi connectivity index (χ3n) is 2.19. The van der Waals surface area contributed by atoms with Gasteiger partial charge in [-0.05, 0) is 30.2 Å². The van der Waals surface area contributed by atoms with Crippen LogP contribution in [0, 0.1) is 0 Å². The summed E-state index contributed by atoms with van der Waals surface area (Å²) in [5.74, 6) is 0.209. The van der Waals surface area contributed by atoms with E-state index < -0.39 is 0 Å². The van der Waals surface area contributed by atoms with Crippen LogP contribution >= 0.6 is 0 Å². The van der Waals surface area contributed by atoms with Crippen LogP contribution < -0.4 is 0 Å². The topological polar surface area (TPSA) is 30.0 Å². The Morgan fingerprint density at radius 2 is 2.07 bits per heavy atom. The summed E-state index contributed by atoms with van der Waals surface area (Å²) in [5, 5.41) is 0. The van der Waals surface area contributed by atoms with Crippen molar-refractivity contribution >= 4 is 11.9 Å². The Bertz CT molecular complexity index is 317. The van der Waals surface area contributed by atoms with Gasteiger partial charge in [0, 0.05) is 18.8 Å². The maximum atomic E-state index is 11.4. The zero-order chi connectivity index (χ0) is 10.9. The molecule has 0 unspecified atom stereocenters. The van der Waals surface area contributed by atoms with E-state index in [-0.39, 0.29) is 5.78 Å². The Morgan fingerprint density at radius 1 is 1.33 bits per heavy atom. The van der Waals surface area contributed by atoms with Crippen LogP contribution in [0.25, 0.3) is 6.08 Å². The number of nitrogens with zero attached hydrogens (tertiary/aromatic N) is 1. The molecule has 0 fully saturated rings. The van der Waals surface area contributed by atoms with Crippen LogP contribution in [0.15, 0.2) is 30.6 Å². The molecule has 0 aliphatic heterocycles. The van der Waals surface area contributed by atoms with Crippen molar-refractivity contribution in [3.63, 3.8) is 0 Å². The summed E-state index contributed by atoms with van der Waals surface area (Å²) >= 11 is 0. The van der Waals surface area contributed by atoms with Crippen molar-refractivity contribution in [1.82, 2.24) is 4.98 Å². The fraction of sp³-hybridized carbons (Fsp3) is 0.385. The van der Waals surface area contributed by atoms with Gasteiger partial charge in [0.15, 0.2) is 5.78 Å². The second-order valence-corrected chi connectivity index (χ2v) is 3.54. The van der Waals surface area contributed by atoms with Gasteiger partial charge in [0.25, 0.3) is 0 Å². The summed E-state index contributed by atoms with van der Waals surface area (Å²) in [4.78, 5) is 15.3. The fourth-order valence-electron chi connectivity index (χ4n) is 1.30. The van der Waals surface area contributed by atoms with E-state index >= 15 is 0 Å². The van der Waals surface area contributed by atoms with Crippen LogP contribution in [0.5, 0.6) is 0 Å². The first kappa shape index (κ1) is 11.6. The Hall–Kier alpha value is -1.44. The smallest absolute Gasteiger partial charge is 0.155 e. The van der Waals surface area contributed by atoms with Gasteiger partial charge in [-0.2, -0.15) is 0 Å². The van der Waals surface area contributed by atoms with Gasteiger partial charge in [0.2, 0.25) is 0 Å². The molecule has 0 aliphatic rings. The largest absolute Gasteiger partial charge is 0.295 e. The van der Waals surface area contributed by atoms with Crippen LogP contribution in [-0.2, 0) is 4.79 Å². The molecule has 1 heterocycles. The molecule has 1 rings (SSSR count). The standard InChI is InChI=1S/C13H17NO/c1-2-3-4-5-13(15)7-6-12-8-10-14-11-9-12/h6-11H,2-5H2,1H3. The molecule has 0 bridgehead atoms. The first-order chi connectivity index (χ1) is 7.33. The lowest BCUT2D eigenvalue weighted by molar-refractivity contribution is -0.114. The molecule has 0 aromatic carbocycles. The predicted molar refractivity (Wildman–Crippen MR) is 62.4 cm³/mol. The number of pyridine rings is 1. The van der Waals surface area contributed by atoms with Crippen molar-refractivity contribution < 1.29 is 4.79 Å². The number of carbonyl (C=O) groups is 1. The SMILES string of the molecule is CCCCCC(=O)C=Cc1ccncc1. The first-order valence-corrected chi connectivity index (χ1v) is 5.44. The molecule has 0 amide bonds. The van der Waals surface area contributed by atoms with Gasteiger partial charge < -0.3 is 0 Å². The Labute approximate surface area is 91.0 Å². The third-order valence-corrected chi connectivity index (χ3v) is 2.19. The summed E-state index contributed by atoms with van der Waals surface area (Å²) in [6.45, 7) is 2.14. The molecule has 15 heavy (non-hydrogen) atoms. The number of ketones is 1. The highest BCUT2D eigenvalue weighted by Crippen LogP contribution is 2.03. The Kier molecular flexibility index (Phi) is 5.38. The molecule has 1 aromatic rings. The molecule has 1 aromatic heterocycles. The normalized spacial score (nSPS) is 10.7. The van der Waals surface area contributed by atoms with Crippen molar-refractivity contribution in [3.8, 4) is 0 Å². The van der Waals surface area contributed by atoms with Gasteiger partial charge in [0.1, 0.15) is 0 Å². The van der Waals surface area contributed by atoms with E-state index in [9.17, 15) is 4.79 Å². The average Bonchev–Trinajstić information content (AvgIpc) is 2.28. The van der Waals surface area contributed by atoms with Gasteiger partial charge in [-0.25, -0.2) is 0 Å². The average molecular weight is 203 g/mol. The molecule has 2 heteroatoms. The summed E-state index contributed by atoms with van der Waals surface area (Å²) in [6, 6.07) is 3.77. The second-order valence-electron chi connectivity index (χ2n) is 3.54. The Balaban J connectivity index is 2.34. The molecule has 80 valence electrons. The van der Waals surface area contributed by atoms with E-state index in [0.717, 1.165) is 24.8 Å². The monoisotopic (exact) mass is 203 g/mol. The van der Waals surface area contributed by atoms with Crippen molar-refractivity contribution in [2.45, 2.75) is 32.6 Å². The highest BCUT2D eigenvalue weighted by atomic mass is 16.1. The van der Waals surface area contributed by atoms with E-state index in [1.807, 2.05) is 18.2 Å². The molecular formula is C13H17NO. The summed E-state index contributed by atoms with van der Waals surface area (Å²) < 4.78 is 0. The molecule has 0 radical (unpaired) electrons. The van der Waals surface area contributed by atoms with Crippen LogP contribution in [0.4, 0.5) is 0 Å². The highest BCUT2D eigenvalue weighted by Gasteiger charge is 1.95. The maximum Gasteiger partial charge on any atom is 0.155 e. The summed E-state index contributed by atoms with van der Waals surface area (Å²) in [6.07, 6.45) is 10.9. The van der Waals surface area contributed by atoms with E-state index in [0.29, 0.717) is 6.42 Å². The number of rotatable bonds is 6. The molecular weight excluding hydrogens is 186 g/mol. The molecule has 2 nitrogen and oxygen atoms in total. The molecule has 0 spiro atoms. The lowest BCUT2D eigenvalue weighted by Crippen LogP contribution is -1.91. The van der Waals surface area contributed by atoms with E-state index in [4.69, 9.17) is 0 Å². The zero-order valence-corrected chi connectivity index (χ0v) is 9.15. The van der Waals surface area contributed by atoms with E-state index in [1.165, 1.54) is 0 Å². The van der Waals surface area contributed by atoms with Crippen LogP contribution in [0.1, 0.15) is 38.2 Å². The zero-order valence-electron chi connectivity index (χ0n) is 9.15. The minimum absolute atomic E-state index is 0.209. The summed E-state index contributed by atoms with van der Waals surface area (Å²) in [5.41, 5.74) is 1.02. The van der Waals surface area contributed by atoms with Crippen LogP contribution in [-0.4, -0.2) is 10.8 Å². The highest BCUT2D eigenvalue weighted by molar-refractivity contribution is 5.93. The third kappa shape index (κ3) is 5.11. The number of hydrogen-bond donors (Lipinski definition) is 0. The second kappa shape index (κ2) is 6.93. The van der Waals surface area contributed by atoms with Gasteiger partial charge in [-0.1, -0.05) is 25.8 Å². The number of hydrogen-bond acceptors (Lipinski definition) is 2.